The lowest BCUT2D eigenvalue weighted by atomic mass is 9.86. The van der Waals surface area contributed by atoms with Gasteiger partial charge in [0.1, 0.15) is 5.75 Å². The van der Waals surface area contributed by atoms with E-state index in [-0.39, 0.29) is 28.2 Å². The molecule has 0 fully saturated rings. The molecule has 1 N–H and O–H groups in total. The molecule has 0 spiro atoms. The van der Waals surface area contributed by atoms with Gasteiger partial charge in [-0.2, -0.15) is 0 Å². The van der Waals surface area contributed by atoms with E-state index >= 15 is 0 Å². The first-order chi connectivity index (χ1) is 9.59. The van der Waals surface area contributed by atoms with Crippen molar-refractivity contribution in [1.29, 1.82) is 0 Å². The van der Waals surface area contributed by atoms with Crippen LogP contribution in [-0.2, 0) is 0 Å². The van der Waals surface area contributed by atoms with E-state index in [1.54, 1.807) is 24.3 Å². The molecule has 0 saturated heterocycles. The summed E-state index contributed by atoms with van der Waals surface area (Å²) in [6, 6.07) is 11.3. The van der Waals surface area contributed by atoms with E-state index in [4.69, 9.17) is 11.6 Å². The number of halogens is 1. The molecule has 98 valence electrons. The molecule has 2 aromatic rings. The van der Waals surface area contributed by atoms with Crippen LogP contribution in [0.2, 0.25) is 5.02 Å². The molecule has 4 heteroatoms. The van der Waals surface area contributed by atoms with Crippen molar-refractivity contribution >= 4 is 28.7 Å². The zero-order valence-electron chi connectivity index (χ0n) is 10.3. The fourth-order valence-electron chi connectivity index (χ4n) is 2.28. The van der Waals surface area contributed by atoms with Crippen LogP contribution in [-0.4, -0.2) is 16.7 Å². The summed E-state index contributed by atoms with van der Waals surface area (Å²) in [4.78, 5) is 24.6. The predicted molar refractivity (Wildman–Crippen MR) is 76.2 cm³/mol. The molecule has 0 heterocycles. The highest BCUT2D eigenvalue weighted by molar-refractivity contribution is 6.42. The standard InChI is InChI=1S/C16H9ClO3/c17-12-6-2-1-4-9(12)11-8-14(19)15-10(16(11)20)5-3-7-13(15)18/h1-8,18H. The molecule has 2 aromatic carbocycles. The second kappa shape index (κ2) is 4.62. The molecule has 0 amide bonds. The van der Waals surface area contributed by atoms with E-state index < -0.39 is 5.78 Å². The largest absolute Gasteiger partial charge is 0.507 e. The lowest BCUT2D eigenvalue weighted by Crippen LogP contribution is -2.16. The Balaban J connectivity index is 2.21. The molecule has 0 bridgehead atoms. The van der Waals surface area contributed by atoms with E-state index in [9.17, 15) is 14.7 Å². The van der Waals surface area contributed by atoms with E-state index in [0.717, 1.165) is 0 Å². The third-order valence-electron chi connectivity index (χ3n) is 3.22. The highest BCUT2D eigenvalue weighted by Crippen LogP contribution is 2.34. The van der Waals surface area contributed by atoms with E-state index in [0.29, 0.717) is 10.6 Å². The van der Waals surface area contributed by atoms with Crippen LogP contribution in [0, 0.1) is 0 Å². The van der Waals surface area contributed by atoms with Gasteiger partial charge in [0.25, 0.3) is 0 Å². The number of fused-ring (bicyclic) bond motifs is 1. The third-order valence-corrected chi connectivity index (χ3v) is 3.55. The molecular formula is C16H9ClO3. The highest BCUT2D eigenvalue weighted by Gasteiger charge is 2.29. The minimum Gasteiger partial charge on any atom is -0.507 e. The number of allylic oxidation sites excluding steroid dienone is 2. The Morgan fingerprint density at radius 1 is 0.900 bits per heavy atom. The van der Waals surface area contributed by atoms with Gasteiger partial charge in [0.05, 0.1) is 5.56 Å². The second-order valence-electron chi connectivity index (χ2n) is 4.43. The number of hydrogen-bond acceptors (Lipinski definition) is 3. The van der Waals surface area contributed by atoms with Crippen molar-refractivity contribution in [1.82, 2.24) is 0 Å². The van der Waals surface area contributed by atoms with Crippen molar-refractivity contribution in [3.05, 3.63) is 70.3 Å². The van der Waals surface area contributed by atoms with Gasteiger partial charge in [0.15, 0.2) is 11.6 Å². The molecule has 1 aliphatic carbocycles. The average molecular weight is 285 g/mol. The lowest BCUT2D eigenvalue weighted by Gasteiger charge is -2.16. The predicted octanol–water partition coefficient (Wildman–Crippen LogP) is 3.51. The number of phenols is 1. The number of carbonyl (C=O) groups excluding carboxylic acids is 2. The number of carbonyl (C=O) groups is 2. The van der Waals surface area contributed by atoms with Crippen LogP contribution in [0.1, 0.15) is 26.3 Å². The summed E-state index contributed by atoms with van der Waals surface area (Å²) in [5.74, 6) is -0.897. The van der Waals surface area contributed by atoms with Crippen LogP contribution in [0.15, 0.2) is 48.5 Å². The highest BCUT2D eigenvalue weighted by atomic mass is 35.5. The van der Waals surface area contributed by atoms with Gasteiger partial charge in [-0.15, -0.1) is 0 Å². The molecule has 1 aliphatic rings. The summed E-state index contributed by atoms with van der Waals surface area (Å²) in [5.41, 5.74) is 1.01. The fraction of sp³-hybridized carbons (Fsp3) is 0. The van der Waals surface area contributed by atoms with Crippen molar-refractivity contribution in [3.8, 4) is 5.75 Å². The Bertz CT molecular complexity index is 775. The Morgan fingerprint density at radius 3 is 2.35 bits per heavy atom. The van der Waals surface area contributed by atoms with Crippen LogP contribution in [0.3, 0.4) is 0 Å². The van der Waals surface area contributed by atoms with Gasteiger partial charge in [-0.3, -0.25) is 9.59 Å². The fourth-order valence-corrected chi connectivity index (χ4v) is 2.52. The van der Waals surface area contributed by atoms with E-state index in [1.807, 2.05) is 0 Å². The quantitative estimate of drug-likeness (QED) is 0.872. The van der Waals surface area contributed by atoms with Crippen LogP contribution in [0.4, 0.5) is 0 Å². The molecule has 0 unspecified atom stereocenters. The normalized spacial score (nSPS) is 13.9. The first-order valence-electron chi connectivity index (χ1n) is 5.97. The van der Waals surface area contributed by atoms with Gasteiger partial charge >= 0.3 is 0 Å². The number of rotatable bonds is 1. The van der Waals surface area contributed by atoms with Gasteiger partial charge in [-0.25, -0.2) is 0 Å². The Kier molecular flexibility index (Phi) is 2.92. The van der Waals surface area contributed by atoms with Crippen molar-refractivity contribution in [2.24, 2.45) is 0 Å². The monoisotopic (exact) mass is 284 g/mol. The number of phenolic OH excluding ortho intramolecular Hbond substituents is 1. The molecule has 20 heavy (non-hydrogen) atoms. The van der Waals surface area contributed by atoms with Crippen LogP contribution in [0.5, 0.6) is 5.75 Å². The van der Waals surface area contributed by atoms with E-state index in [2.05, 4.69) is 0 Å². The van der Waals surface area contributed by atoms with Gasteiger partial charge < -0.3 is 5.11 Å². The summed E-state index contributed by atoms with van der Waals surface area (Å²) < 4.78 is 0. The number of hydrogen-bond donors (Lipinski definition) is 1. The maximum Gasteiger partial charge on any atom is 0.194 e. The number of ketones is 2. The molecule has 0 aliphatic heterocycles. The molecule has 0 aromatic heterocycles. The minimum atomic E-state index is -0.396. The molecule has 0 saturated carbocycles. The lowest BCUT2D eigenvalue weighted by molar-refractivity contribution is 0.0999. The van der Waals surface area contributed by atoms with Gasteiger partial charge in [-0.1, -0.05) is 41.9 Å². The van der Waals surface area contributed by atoms with E-state index in [1.165, 1.54) is 24.3 Å². The first-order valence-corrected chi connectivity index (χ1v) is 6.35. The topological polar surface area (TPSA) is 54.4 Å². The van der Waals surface area contributed by atoms with Crippen molar-refractivity contribution in [2.75, 3.05) is 0 Å². The average Bonchev–Trinajstić information content (AvgIpc) is 2.43. The minimum absolute atomic E-state index is 0.0494. The van der Waals surface area contributed by atoms with Crippen molar-refractivity contribution < 1.29 is 14.7 Å². The summed E-state index contributed by atoms with van der Waals surface area (Å²) >= 11 is 6.08. The van der Waals surface area contributed by atoms with Crippen LogP contribution < -0.4 is 0 Å². The van der Waals surface area contributed by atoms with Gasteiger partial charge in [-0.05, 0) is 18.2 Å². The molecule has 0 radical (unpaired) electrons. The molecule has 3 rings (SSSR count). The second-order valence-corrected chi connectivity index (χ2v) is 4.84. The number of aromatic hydroxyl groups is 1. The van der Waals surface area contributed by atoms with Gasteiger partial charge in [0, 0.05) is 21.7 Å². The first kappa shape index (κ1) is 12.6. The number of Topliss-reactive ketones (excluding diaryl/α,β-unsaturated/α-hetero) is 1. The zero-order valence-corrected chi connectivity index (χ0v) is 11.0. The molecular weight excluding hydrogens is 276 g/mol. The maximum atomic E-state index is 12.5. The number of benzene rings is 2. The summed E-state index contributed by atoms with van der Waals surface area (Å²) in [6.07, 6.45) is 1.23. The third kappa shape index (κ3) is 1.84. The summed E-state index contributed by atoms with van der Waals surface area (Å²) in [5, 5.41) is 10.1. The Morgan fingerprint density at radius 2 is 1.60 bits per heavy atom. The SMILES string of the molecule is O=C1C(c2ccccc2Cl)=CC(=O)c2c(O)cccc21. The van der Waals surface area contributed by atoms with Gasteiger partial charge in [0.2, 0.25) is 0 Å². The Labute approximate surface area is 120 Å². The Hall–Kier alpha value is -2.39. The molecule has 3 nitrogen and oxygen atoms in total. The molecule has 0 atom stereocenters. The summed E-state index contributed by atoms with van der Waals surface area (Å²) in [7, 11) is 0. The van der Waals surface area contributed by atoms with Crippen LogP contribution >= 0.6 is 11.6 Å². The summed E-state index contributed by atoms with van der Waals surface area (Å²) in [6.45, 7) is 0. The smallest absolute Gasteiger partial charge is 0.194 e. The van der Waals surface area contributed by atoms with Crippen molar-refractivity contribution in [2.45, 2.75) is 0 Å². The maximum absolute atomic E-state index is 12.5. The van der Waals surface area contributed by atoms with Crippen molar-refractivity contribution in [3.63, 3.8) is 0 Å². The zero-order chi connectivity index (χ0) is 14.3. The van der Waals surface area contributed by atoms with Crippen LogP contribution in [0.25, 0.3) is 5.57 Å².